The molecule has 5 nitrogen and oxygen atoms in total. The van der Waals surface area contributed by atoms with Crippen molar-refractivity contribution in [2.45, 2.75) is 102 Å². The third kappa shape index (κ3) is 5.64. The Balaban J connectivity index is 1.32. The normalized spacial score (nSPS) is 30.9. The first-order valence-electron chi connectivity index (χ1n) is 11.8. The number of carbonyl (C=O) groups is 2. The first-order valence-corrected chi connectivity index (χ1v) is 11.8. The molecule has 2 N–H and O–H groups in total. The number of hydrogen-bond donors (Lipinski definition) is 1. The molecule has 0 aromatic rings. The SMILES string of the molecule is CCOC(=O)C(F)CCCCCCCCN(C(N)=O)C12CC3CC(CC(C3)C1)C2. The van der Waals surface area contributed by atoms with Gasteiger partial charge in [-0.3, -0.25) is 0 Å². The molecule has 4 bridgehead atoms. The minimum atomic E-state index is -1.49. The molecular formula is C23H39FN2O3. The summed E-state index contributed by atoms with van der Waals surface area (Å²) in [5.74, 6) is 1.68. The van der Waals surface area contributed by atoms with E-state index in [1.54, 1.807) is 6.92 Å². The molecule has 4 fully saturated rings. The number of amides is 2. The number of rotatable bonds is 12. The predicted molar refractivity (Wildman–Crippen MR) is 111 cm³/mol. The van der Waals surface area contributed by atoms with E-state index in [4.69, 9.17) is 5.73 Å². The standard InChI is InChI=1S/C23H39FN2O3/c1-2-29-21(27)20(24)9-7-5-3-4-6-8-10-26(22(25)28)23-14-17-11-18(15-23)13-19(12-17)16-23/h17-20H,2-16H2,1H3,(H2,25,28). The second-order valence-corrected chi connectivity index (χ2v) is 9.76. The van der Waals surface area contributed by atoms with Crippen molar-refractivity contribution in [1.29, 1.82) is 0 Å². The number of hydrogen-bond acceptors (Lipinski definition) is 3. The van der Waals surface area contributed by atoms with E-state index in [2.05, 4.69) is 4.74 Å². The maximum Gasteiger partial charge on any atom is 0.340 e. The summed E-state index contributed by atoms with van der Waals surface area (Å²) >= 11 is 0. The molecule has 6 heteroatoms. The Morgan fingerprint density at radius 1 is 1.00 bits per heavy atom. The molecule has 4 rings (SSSR count). The fourth-order valence-corrected chi connectivity index (χ4v) is 6.63. The molecule has 0 aromatic carbocycles. The van der Waals surface area contributed by atoms with E-state index in [-0.39, 0.29) is 24.6 Å². The van der Waals surface area contributed by atoms with Crippen molar-refractivity contribution in [3.05, 3.63) is 0 Å². The molecule has 4 aliphatic rings. The van der Waals surface area contributed by atoms with E-state index in [0.717, 1.165) is 75.7 Å². The monoisotopic (exact) mass is 410 g/mol. The molecule has 0 radical (unpaired) electrons. The molecule has 2 amide bonds. The summed E-state index contributed by atoms with van der Waals surface area (Å²) in [6.45, 7) is 2.69. The van der Waals surface area contributed by atoms with Gasteiger partial charge in [-0.05, 0) is 82.5 Å². The summed E-state index contributed by atoms with van der Waals surface area (Å²) < 4.78 is 18.2. The second kappa shape index (κ2) is 10.1. The van der Waals surface area contributed by atoms with E-state index in [1.165, 1.54) is 19.3 Å². The topological polar surface area (TPSA) is 72.6 Å². The Bertz CT molecular complexity index is 533. The van der Waals surface area contributed by atoms with Crippen LogP contribution in [0.2, 0.25) is 0 Å². The van der Waals surface area contributed by atoms with Crippen molar-refractivity contribution in [2.75, 3.05) is 13.2 Å². The van der Waals surface area contributed by atoms with Gasteiger partial charge in [0.2, 0.25) is 0 Å². The number of alkyl halides is 1. The van der Waals surface area contributed by atoms with E-state index in [1.807, 2.05) is 4.90 Å². The number of esters is 1. The van der Waals surface area contributed by atoms with Crippen molar-refractivity contribution in [1.82, 2.24) is 4.90 Å². The van der Waals surface area contributed by atoms with Crippen LogP contribution in [0.25, 0.3) is 0 Å². The van der Waals surface area contributed by atoms with E-state index >= 15 is 0 Å². The Kier molecular flexibility index (Phi) is 7.80. The van der Waals surface area contributed by atoms with Gasteiger partial charge in [0.25, 0.3) is 0 Å². The number of nitrogens with two attached hydrogens (primary N) is 1. The lowest BCUT2D eigenvalue weighted by Gasteiger charge is -2.60. The molecule has 166 valence electrons. The maximum absolute atomic E-state index is 13.6. The zero-order valence-electron chi connectivity index (χ0n) is 18.0. The molecule has 0 saturated heterocycles. The number of primary amides is 1. The highest BCUT2D eigenvalue weighted by Crippen LogP contribution is 2.57. The summed E-state index contributed by atoms with van der Waals surface area (Å²) in [6, 6.07) is -0.236. The third-order valence-electron chi connectivity index (χ3n) is 7.48. The second-order valence-electron chi connectivity index (χ2n) is 9.76. The van der Waals surface area contributed by atoms with Crippen LogP contribution in [0.3, 0.4) is 0 Å². The van der Waals surface area contributed by atoms with E-state index in [9.17, 15) is 14.0 Å². The number of unbranched alkanes of at least 4 members (excludes halogenated alkanes) is 5. The number of nitrogens with zero attached hydrogens (tertiary/aromatic N) is 1. The molecule has 0 aliphatic heterocycles. The number of halogens is 1. The maximum atomic E-state index is 13.6. The fourth-order valence-electron chi connectivity index (χ4n) is 6.63. The summed E-state index contributed by atoms with van der Waals surface area (Å²) in [4.78, 5) is 25.5. The Morgan fingerprint density at radius 3 is 2.03 bits per heavy atom. The minimum absolute atomic E-state index is 0.0455. The van der Waals surface area contributed by atoms with Crippen LogP contribution in [0, 0.1) is 17.8 Å². The van der Waals surface area contributed by atoms with Crippen LogP contribution < -0.4 is 5.73 Å². The summed E-state index contributed by atoms with van der Waals surface area (Å²) in [5.41, 5.74) is 5.87. The predicted octanol–water partition coefficient (Wildman–Crippen LogP) is 4.97. The Labute approximate surface area is 174 Å². The van der Waals surface area contributed by atoms with Gasteiger partial charge in [-0.2, -0.15) is 0 Å². The molecule has 1 unspecified atom stereocenters. The van der Waals surface area contributed by atoms with Crippen LogP contribution in [-0.2, 0) is 9.53 Å². The highest BCUT2D eigenvalue weighted by Gasteiger charge is 2.54. The van der Waals surface area contributed by atoms with Crippen molar-refractivity contribution in [2.24, 2.45) is 23.5 Å². The molecule has 4 aliphatic carbocycles. The van der Waals surface area contributed by atoms with Crippen LogP contribution in [0.15, 0.2) is 0 Å². The van der Waals surface area contributed by atoms with Gasteiger partial charge in [-0.25, -0.2) is 14.0 Å². The molecule has 0 spiro atoms. The van der Waals surface area contributed by atoms with Crippen LogP contribution in [0.5, 0.6) is 0 Å². The van der Waals surface area contributed by atoms with Crippen molar-refractivity contribution < 1.29 is 18.7 Å². The van der Waals surface area contributed by atoms with Crippen LogP contribution in [0.4, 0.5) is 9.18 Å². The number of urea groups is 1. The molecule has 1 atom stereocenters. The quantitative estimate of drug-likeness (QED) is 0.365. The molecule has 0 aromatic heterocycles. The average Bonchev–Trinajstić information content (AvgIpc) is 2.65. The summed E-state index contributed by atoms with van der Waals surface area (Å²) in [6.07, 6.45) is 12.1. The number of ether oxygens (including phenoxy) is 1. The molecule has 0 heterocycles. The fraction of sp³-hybridized carbons (Fsp3) is 0.913. The Hall–Kier alpha value is -1.33. The third-order valence-corrected chi connectivity index (χ3v) is 7.48. The Morgan fingerprint density at radius 2 is 1.52 bits per heavy atom. The van der Waals surface area contributed by atoms with Gasteiger partial charge >= 0.3 is 12.0 Å². The molecule has 29 heavy (non-hydrogen) atoms. The molecule has 4 saturated carbocycles. The van der Waals surface area contributed by atoms with Crippen molar-refractivity contribution in [3.63, 3.8) is 0 Å². The smallest absolute Gasteiger partial charge is 0.340 e. The first kappa shape index (κ1) is 22.4. The van der Waals surface area contributed by atoms with Crippen LogP contribution in [0.1, 0.15) is 90.4 Å². The van der Waals surface area contributed by atoms with Crippen molar-refractivity contribution >= 4 is 12.0 Å². The molecular weight excluding hydrogens is 371 g/mol. The lowest BCUT2D eigenvalue weighted by Crippen LogP contribution is -2.62. The van der Waals surface area contributed by atoms with E-state index < -0.39 is 12.1 Å². The highest BCUT2D eigenvalue weighted by atomic mass is 19.1. The lowest BCUT2D eigenvalue weighted by molar-refractivity contribution is -0.149. The van der Waals surface area contributed by atoms with Crippen molar-refractivity contribution in [3.8, 4) is 0 Å². The highest BCUT2D eigenvalue weighted by molar-refractivity contribution is 5.74. The average molecular weight is 411 g/mol. The van der Waals surface area contributed by atoms with Gasteiger partial charge in [0.05, 0.1) is 6.61 Å². The number of carbonyl (C=O) groups excluding carboxylic acids is 2. The first-order chi connectivity index (χ1) is 13.9. The zero-order chi connectivity index (χ0) is 20.9. The summed E-state index contributed by atoms with van der Waals surface area (Å²) in [7, 11) is 0. The van der Waals surface area contributed by atoms with Gasteiger partial charge < -0.3 is 15.4 Å². The minimum Gasteiger partial charge on any atom is -0.464 e. The largest absolute Gasteiger partial charge is 0.464 e. The van der Waals surface area contributed by atoms with Crippen LogP contribution in [-0.4, -0.2) is 41.8 Å². The lowest BCUT2D eigenvalue weighted by atomic mass is 9.52. The van der Waals surface area contributed by atoms with Gasteiger partial charge in [0.1, 0.15) is 0 Å². The van der Waals surface area contributed by atoms with Gasteiger partial charge in [-0.1, -0.05) is 25.7 Å². The van der Waals surface area contributed by atoms with Gasteiger partial charge in [0, 0.05) is 12.1 Å². The van der Waals surface area contributed by atoms with E-state index in [0.29, 0.717) is 6.42 Å². The van der Waals surface area contributed by atoms with Gasteiger partial charge in [0.15, 0.2) is 6.17 Å². The van der Waals surface area contributed by atoms with Gasteiger partial charge in [-0.15, -0.1) is 0 Å². The zero-order valence-corrected chi connectivity index (χ0v) is 18.0. The summed E-state index contributed by atoms with van der Waals surface area (Å²) in [5, 5.41) is 0. The van der Waals surface area contributed by atoms with Crippen LogP contribution >= 0.6 is 0 Å².